The van der Waals surface area contributed by atoms with Crippen LogP contribution in [0.1, 0.15) is 10.5 Å². The van der Waals surface area contributed by atoms with Gasteiger partial charge >= 0.3 is 0 Å². The number of rotatable bonds is 6. The van der Waals surface area contributed by atoms with Crippen LogP contribution in [-0.4, -0.2) is 30.4 Å². The minimum absolute atomic E-state index is 0.319. The largest absolute Gasteiger partial charge is 0.383 e. The van der Waals surface area contributed by atoms with Crippen LogP contribution in [0.4, 0.5) is 0 Å². The summed E-state index contributed by atoms with van der Waals surface area (Å²) in [5, 5.41) is 0.613. The zero-order valence-electron chi connectivity index (χ0n) is 10.9. The van der Waals surface area contributed by atoms with E-state index in [2.05, 4.69) is 0 Å². The molecule has 1 radical (unpaired) electrons. The monoisotopic (exact) mass is 290 g/mol. The highest BCUT2D eigenvalue weighted by atomic mass is 35.5. The number of aromatic nitrogens is 1. The fourth-order valence-corrected chi connectivity index (χ4v) is 2.14. The van der Waals surface area contributed by atoms with Gasteiger partial charge in [0.2, 0.25) is 0 Å². The van der Waals surface area contributed by atoms with Gasteiger partial charge in [0, 0.05) is 30.4 Å². The Labute approximate surface area is 121 Å². The topological polar surface area (TPSA) is 48.3 Å². The van der Waals surface area contributed by atoms with Gasteiger partial charge in [0.1, 0.15) is 5.69 Å². The highest BCUT2D eigenvalue weighted by molar-refractivity contribution is 6.34. The molecule has 0 N–H and O–H groups in total. The van der Waals surface area contributed by atoms with E-state index in [1.165, 1.54) is 6.29 Å². The Morgan fingerprint density at radius 2 is 2.00 bits per heavy atom. The normalized spacial score (nSPS) is 10.5. The standard InChI is InChI=1S/C15H13ClNO3/c1-20-9-8-17-7-6-13(15(17)14(19)10-18)11-2-4-12(16)5-3-11/h2-7H,8-9H2,1H3. The number of methoxy groups -OCH3 is 1. The van der Waals surface area contributed by atoms with E-state index in [9.17, 15) is 9.59 Å². The van der Waals surface area contributed by atoms with E-state index in [-0.39, 0.29) is 0 Å². The number of ether oxygens (including phenoxy) is 1. The summed E-state index contributed by atoms with van der Waals surface area (Å²) in [6.45, 7) is 0.945. The summed E-state index contributed by atoms with van der Waals surface area (Å²) >= 11 is 5.85. The van der Waals surface area contributed by atoms with Crippen molar-refractivity contribution in [2.45, 2.75) is 6.54 Å². The molecule has 0 aliphatic carbocycles. The summed E-state index contributed by atoms with van der Waals surface area (Å²) in [7, 11) is 1.58. The molecule has 1 aromatic heterocycles. The van der Waals surface area contributed by atoms with E-state index in [0.29, 0.717) is 29.4 Å². The Balaban J connectivity index is 2.47. The maximum atomic E-state index is 11.8. The molecule has 0 aliphatic rings. The number of hydrogen-bond donors (Lipinski definition) is 0. The van der Waals surface area contributed by atoms with E-state index in [0.717, 1.165) is 5.56 Å². The molecule has 103 valence electrons. The number of Topliss-reactive ketones (excluding diaryl/α,β-unsaturated/α-hetero) is 1. The Morgan fingerprint density at radius 1 is 1.30 bits per heavy atom. The van der Waals surface area contributed by atoms with Crippen molar-refractivity contribution >= 4 is 23.7 Å². The number of hydrogen-bond acceptors (Lipinski definition) is 3. The highest BCUT2D eigenvalue weighted by Crippen LogP contribution is 2.26. The van der Waals surface area contributed by atoms with Crippen LogP contribution in [0.2, 0.25) is 5.02 Å². The lowest BCUT2D eigenvalue weighted by Crippen LogP contribution is -2.13. The van der Waals surface area contributed by atoms with Gasteiger partial charge in [0.05, 0.1) is 6.61 Å². The maximum Gasteiger partial charge on any atom is 0.279 e. The molecule has 0 saturated carbocycles. The molecule has 0 bridgehead atoms. The second kappa shape index (κ2) is 6.50. The summed E-state index contributed by atoms with van der Waals surface area (Å²) in [5.74, 6) is -0.670. The number of benzene rings is 1. The molecule has 0 saturated heterocycles. The predicted octanol–water partition coefficient (Wildman–Crippen LogP) is 2.75. The van der Waals surface area contributed by atoms with Gasteiger partial charge in [-0.1, -0.05) is 23.7 Å². The van der Waals surface area contributed by atoms with Crippen molar-refractivity contribution in [2.75, 3.05) is 13.7 Å². The smallest absolute Gasteiger partial charge is 0.279 e. The second-order valence-corrected chi connectivity index (χ2v) is 4.64. The van der Waals surface area contributed by atoms with E-state index >= 15 is 0 Å². The summed E-state index contributed by atoms with van der Waals surface area (Å²) in [6.07, 6.45) is 3.19. The predicted molar refractivity (Wildman–Crippen MR) is 76.8 cm³/mol. The van der Waals surface area contributed by atoms with Gasteiger partial charge < -0.3 is 9.30 Å². The van der Waals surface area contributed by atoms with E-state index in [1.54, 1.807) is 48.2 Å². The Hall–Kier alpha value is -1.91. The Bertz CT molecular complexity index is 617. The fraction of sp³-hybridized carbons (Fsp3) is 0.200. The van der Waals surface area contributed by atoms with Crippen molar-refractivity contribution in [3.63, 3.8) is 0 Å². The molecule has 0 unspecified atom stereocenters. The number of halogens is 1. The van der Waals surface area contributed by atoms with Gasteiger partial charge in [-0.05, 0) is 23.8 Å². The first-order valence-corrected chi connectivity index (χ1v) is 6.41. The van der Waals surface area contributed by atoms with E-state index < -0.39 is 5.78 Å². The summed E-state index contributed by atoms with van der Waals surface area (Å²) < 4.78 is 6.69. The first-order valence-electron chi connectivity index (χ1n) is 6.04. The SMILES string of the molecule is COCCn1ccc(-c2ccc(Cl)cc2)c1C(=O)[C]=O. The molecular formula is C15H13ClNO3. The van der Waals surface area contributed by atoms with Gasteiger partial charge in [-0.15, -0.1) is 0 Å². The third-order valence-electron chi connectivity index (χ3n) is 2.96. The lowest BCUT2D eigenvalue weighted by atomic mass is 10.0. The number of carbonyl (C=O) groups excluding carboxylic acids is 2. The second-order valence-electron chi connectivity index (χ2n) is 4.20. The molecular weight excluding hydrogens is 278 g/mol. The van der Waals surface area contributed by atoms with Crippen LogP contribution >= 0.6 is 11.6 Å². The van der Waals surface area contributed by atoms with Gasteiger partial charge in [-0.25, -0.2) is 0 Å². The zero-order chi connectivity index (χ0) is 14.5. The lowest BCUT2D eigenvalue weighted by Gasteiger charge is -2.08. The van der Waals surface area contributed by atoms with E-state index in [1.807, 2.05) is 0 Å². The molecule has 0 spiro atoms. The van der Waals surface area contributed by atoms with Crippen LogP contribution in [0.15, 0.2) is 36.5 Å². The molecule has 5 heteroatoms. The number of nitrogens with zero attached hydrogens (tertiary/aromatic N) is 1. The molecule has 0 amide bonds. The quantitative estimate of drug-likeness (QED) is 0.607. The van der Waals surface area contributed by atoms with E-state index in [4.69, 9.17) is 16.3 Å². The van der Waals surface area contributed by atoms with Crippen molar-refractivity contribution in [1.82, 2.24) is 4.57 Å². The summed E-state index contributed by atoms with van der Waals surface area (Å²) in [4.78, 5) is 22.5. The molecule has 4 nitrogen and oxygen atoms in total. The third-order valence-corrected chi connectivity index (χ3v) is 3.21. The van der Waals surface area contributed by atoms with Crippen molar-refractivity contribution in [2.24, 2.45) is 0 Å². The number of carbonyl (C=O) groups is 1. The molecule has 1 aromatic carbocycles. The van der Waals surface area contributed by atoms with Crippen LogP contribution in [0.25, 0.3) is 11.1 Å². The third kappa shape index (κ3) is 2.98. The first kappa shape index (κ1) is 14.5. The Kier molecular flexibility index (Phi) is 4.71. The van der Waals surface area contributed by atoms with Crippen LogP contribution in [0.3, 0.4) is 0 Å². The lowest BCUT2D eigenvalue weighted by molar-refractivity contribution is 0.105. The van der Waals surface area contributed by atoms with Crippen molar-refractivity contribution in [1.29, 1.82) is 0 Å². The van der Waals surface area contributed by atoms with Gasteiger partial charge in [-0.2, -0.15) is 0 Å². The first-order chi connectivity index (χ1) is 9.67. The van der Waals surface area contributed by atoms with Crippen molar-refractivity contribution < 1.29 is 14.3 Å². The molecule has 0 fully saturated rings. The van der Waals surface area contributed by atoms with Crippen LogP contribution in [-0.2, 0) is 16.1 Å². The number of ketones is 1. The van der Waals surface area contributed by atoms with Crippen molar-refractivity contribution in [3.05, 3.63) is 47.2 Å². The maximum absolute atomic E-state index is 11.8. The summed E-state index contributed by atoms with van der Waals surface area (Å²) in [6, 6.07) is 8.88. The van der Waals surface area contributed by atoms with Crippen LogP contribution in [0, 0.1) is 0 Å². The molecule has 20 heavy (non-hydrogen) atoms. The molecule has 1 heterocycles. The van der Waals surface area contributed by atoms with Gasteiger partial charge in [0.15, 0.2) is 0 Å². The van der Waals surface area contributed by atoms with Gasteiger partial charge in [0.25, 0.3) is 12.1 Å². The van der Waals surface area contributed by atoms with Gasteiger partial charge in [-0.3, -0.25) is 9.59 Å². The van der Waals surface area contributed by atoms with Crippen LogP contribution in [0.5, 0.6) is 0 Å². The average Bonchev–Trinajstić information content (AvgIpc) is 2.89. The minimum Gasteiger partial charge on any atom is -0.383 e. The fourth-order valence-electron chi connectivity index (χ4n) is 2.01. The zero-order valence-corrected chi connectivity index (χ0v) is 11.7. The molecule has 0 atom stereocenters. The Morgan fingerprint density at radius 3 is 2.60 bits per heavy atom. The molecule has 0 aliphatic heterocycles. The summed E-state index contributed by atoms with van der Waals surface area (Å²) in [5.41, 5.74) is 1.83. The molecule has 2 rings (SSSR count). The minimum atomic E-state index is -0.670. The van der Waals surface area contributed by atoms with Crippen molar-refractivity contribution in [3.8, 4) is 11.1 Å². The van der Waals surface area contributed by atoms with Crippen LogP contribution < -0.4 is 0 Å². The molecule has 2 aromatic rings. The highest BCUT2D eigenvalue weighted by Gasteiger charge is 2.18. The average molecular weight is 291 g/mol.